The zero-order chi connectivity index (χ0) is 9.97. The Morgan fingerprint density at radius 2 is 1.93 bits per heavy atom. The Hall–Kier alpha value is -1.61. The van der Waals surface area contributed by atoms with Gasteiger partial charge in [0, 0.05) is 17.8 Å². The Kier molecular flexibility index (Phi) is 2.33. The molecule has 3 nitrogen and oxygen atoms in total. The fraction of sp³-hybridized carbons (Fsp3) is 0.182. The first kappa shape index (κ1) is 8.97. The summed E-state index contributed by atoms with van der Waals surface area (Å²) in [6.07, 6.45) is 3.68. The van der Waals surface area contributed by atoms with Crippen molar-refractivity contribution < 1.29 is 0 Å². The summed E-state index contributed by atoms with van der Waals surface area (Å²) in [5.41, 5.74) is 9.17. The molecule has 1 heterocycles. The van der Waals surface area contributed by atoms with Crippen LogP contribution < -0.4 is 5.73 Å². The second-order valence-corrected chi connectivity index (χ2v) is 3.40. The van der Waals surface area contributed by atoms with Gasteiger partial charge in [-0.1, -0.05) is 24.3 Å². The van der Waals surface area contributed by atoms with Crippen LogP contribution in [0.5, 0.6) is 0 Å². The third kappa shape index (κ3) is 1.67. The molecule has 72 valence electrons. The lowest BCUT2D eigenvalue weighted by molar-refractivity contribution is 0.818. The van der Waals surface area contributed by atoms with E-state index in [2.05, 4.69) is 22.3 Å². The molecule has 0 radical (unpaired) electrons. The Bertz CT molecular complexity index is 387. The van der Waals surface area contributed by atoms with Gasteiger partial charge in [0.1, 0.15) is 0 Å². The molecular weight excluding hydrogens is 174 g/mol. The van der Waals surface area contributed by atoms with Gasteiger partial charge >= 0.3 is 0 Å². The van der Waals surface area contributed by atoms with Gasteiger partial charge in [-0.2, -0.15) is 5.10 Å². The lowest BCUT2D eigenvalue weighted by atomic mass is 10.0. The van der Waals surface area contributed by atoms with Gasteiger partial charge in [-0.15, -0.1) is 0 Å². The number of hydrogen-bond donors (Lipinski definition) is 2. The molecule has 2 aromatic rings. The minimum Gasteiger partial charge on any atom is -0.324 e. The van der Waals surface area contributed by atoms with Crippen molar-refractivity contribution in [2.75, 3.05) is 0 Å². The summed E-state index contributed by atoms with van der Waals surface area (Å²) in [5, 5.41) is 6.70. The second-order valence-electron chi connectivity index (χ2n) is 3.40. The van der Waals surface area contributed by atoms with E-state index in [1.54, 1.807) is 6.20 Å². The van der Waals surface area contributed by atoms with Crippen molar-refractivity contribution in [2.24, 2.45) is 5.73 Å². The number of rotatable bonds is 2. The van der Waals surface area contributed by atoms with Crippen LogP contribution in [-0.2, 0) is 0 Å². The lowest BCUT2D eigenvalue weighted by Crippen LogP contribution is -2.04. The zero-order valence-electron chi connectivity index (χ0n) is 8.07. The molecule has 1 unspecified atom stereocenters. The number of hydrogen-bond acceptors (Lipinski definition) is 2. The number of benzene rings is 1. The summed E-state index contributed by atoms with van der Waals surface area (Å²) in [7, 11) is 0. The van der Waals surface area contributed by atoms with Crippen molar-refractivity contribution in [3.63, 3.8) is 0 Å². The molecule has 0 spiro atoms. The smallest absolute Gasteiger partial charge is 0.0565 e. The molecule has 14 heavy (non-hydrogen) atoms. The fourth-order valence-electron chi connectivity index (χ4n) is 1.39. The molecule has 0 aliphatic rings. The number of H-pyrrole nitrogens is 1. The van der Waals surface area contributed by atoms with Crippen molar-refractivity contribution in [3.8, 4) is 11.1 Å². The standard InChI is InChI=1S/C11H13N3/c1-8(12)9-2-4-10(5-3-9)11-6-13-14-7-11/h2-8H,12H2,1H3,(H,13,14). The van der Waals surface area contributed by atoms with Gasteiger partial charge in [0.25, 0.3) is 0 Å². The van der Waals surface area contributed by atoms with Crippen LogP contribution in [0.15, 0.2) is 36.7 Å². The highest BCUT2D eigenvalue weighted by atomic mass is 15.1. The van der Waals surface area contributed by atoms with E-state index in [1.165, 1.54) is 0 Å². The number of nitrogens with two attached hydrogens (primary N) is 1. The van der Waals surface area contributed by atoms with Gasteiger partial charge in [0.05, 0.1) is 6.20 Å². The first-order valence-corrected chi connectivity index (χ1v) is 4.62. The Balaban J connectivity index is 2.31. The normalized spacial score (nSPS) is 12.7. The largest absolute Gasteiger partial charge is 0.324 e. The van der Waals surface area contributed by atoms with E-state index in [0.717, 1.165) is 16.7 Å². The molecule has 0 aliphatic heterocycles. The quantitative estimate of drug-likeness (QED) is 0.756. The topological polar surface area (TPSA) is 54.7 Å². The van der Waals surface area contributed by atoms with Gasteiger partial charge in [0.2, 0.25) is 0 Å². The molecule has 1 aromatic carbocycles. The van der Waals surface area contributed by atoms with Crippen LogP contribution >= 0.6 is 0 Å². The summed E-state index contributed by atoms with van der Waals surface area (Å²) in [4.78, 5) is 0. The maximum atomic E-state index is 5.76. The van der Waals surface area contributed by atoms with E-state index < -0.39 is 0 Å². The third-order valence-corrected chi connectivity index (χ3v) is 2.27. The number of aromatic nitrogens is 2. The highest BCUT2D eigenvalue weighted by molar-refractivity contribution is 5.61. The molecule has 0 amide bonds. The monoisotopic (exact) mass is 187 g/mol. The number of nitrogens with one attached hydrogen (secondary N) is 1. The van der Waals surface area contributed by atoms with E-state index >= 15 is 0 Å². The van der Waals surface area contributed by atoms with Gasteiger partial charge in [0.15, 0.2) is 0 Å². The third-order valence-electron chi connectivity index (χ3n) is 2.27. The van der Waals surface area contributed by atoms with Gasteiger partial charge in [-0.3, -0.25) is 5.10 Å². The summed E-state index contributed by atoms with van der Waals surface area (Å²) in [5.74, 6) is 0. The van der Waals surface area contributed by atoms with E-state index in [0.29, 0.717) is 0 Å². The maximum Gasteiger partial charge on any atom is 0.0565 e. The predicted molar refractivity (Wildman–Crippen MR) is 56.6 cm³/mol. The summed E-state index contributed by atoms with van der Waals surface area (Å²) in [6.45, 7) is 1.98. The molecule has 1 atom stereocenters. The van der Waals surface area contributed by atoms with Crippen molar-refractivity contribution >= 4 is 0 Å². The van der Waals surface area contributed by atoms with E-state index in [9.17, 15) is 0 Å². The Labute approximate surface area is 83.0 Å². The Morgan fingerprint density at radius 1 is 1.21 bits per heavy atom. The van der Waals surface area contributed by atoms with E-state index in [4.69, 9.17) is 5.73 Å². The van der Waals surface area contributed by atoms with Crippen molar-refractivity contribution in [1.82, 2.24) is 10.2 Å². The van der Waals surface area contributed by atoms with Crippen LogP contribution in [0.4, 0.5) is 0 Å². The van der Waals surface area contributed by atoms with Crippen LogP contribution in [0, 0.1) is 0 Å². The van der Waals surface area contributed by atoms with Crippen LogP contribution in [0.3, 0.4) is 0 Å². The molecule has 0 bridgehead atoms. The molecular formula is C11H13N3. The molecule has 0 saturated carbocycles. The molecule has 3 N–H and O–H groups in total. The van der Waals surface area contributed by atoms with Gasteiger partial charge in [-0.25, -0.2) is 0 Å². The minimum absolute atomic E-state index is 0.0911. The summed E-state index contributed by atoms with van der Waals surface area (Å²) < 4.78 is 0. The van der Waals surface area contributed by atoms with E-state index in [1.807, 2.05) is 25.3 Å². The number of aromatic amines is 1. The molecule has 0 fully saturated rings. The summed E-state index contributed by atoms with van der Waals surface area (Å²) in [6, 6.07) is 8.31. The zero-order valence-corrected chi connectivity index (χ0v) is 8.07. The van der Waals surface area contributed by atoms with E-state index in [-0.39, 0.29) is 6.04 Å². The fourth-order valence-corrected chi connectivity index (χ4v) is 1.39. The van der Waals surface area contributed by atoms with Crippen molar-refractivity contribution in [2.45, 2.75) is 13.0 Å². The first-order valence-electron chi connectivity index (χ1n) is 4.62. The van der Waals surface area contributed by atoms with Crippen molar-refractivity contribution in [1.29, 1.82) is 0 Å². The van der Waals surface area contributed by atoms with Gasteiger partial charge < -0.3 is 5.73 Å². The minimum atomic E-state index is 0.0911. The van der Waals surface area contributed by atoms with Crippen LogP contribution in [0.1, 0.15) is 18.5 Å². The number of nitrogens with zero attached hydrogens (tertiary/aromatic N) is 1. The first-order chi connectivity index (χ1) is 6.77. The summed E-state index contributed by atoms with van der Waals surface area (Å²) >= 11 is 0. The maximum absolute atomic E-state index is 5.76. The van der Waals surface area contributed by atoms with Crippen LogP contribution in [-0.4, -0.2) is 10.2 Å². The average molecular weight is 187 g/mol. The van der Waals surface area contributed by atoms with Crippen molar-refractivity contribution in [3.05, 3.63) is 42.2 Å². The molecule has 3 heteroatoms. The lowest BCUT2D eigenvalue weighted by Gasteiger charge is -2.05. The molecule has 0 saturated heterocycles. The molecule has 2 rings (SSSR count). The SMILES string of the molecule is CC(N)c1ccc(-c2cn[nH]c2)cc1. The van der Waals surface area contributed by atoms with Crippen LogP contribution in [0.25, 0.3) is 11.1 Å². The Morgan fingerprint density at radius 3 is 2.43 bits per heavy atom. The molecule has 1 aromatic heterocycles. The molecule has 0 aliphatic carbocycles. The highest BCUT2D eigenvalue weighted by Crippen LogP contribution is 2.19. The van der Waals surface area contributed by atoms with Crippen LogP contribution in [0.2, 0.25) is 0 Å². The second kappa shape index (κ2) is 3.64. The van der Waals surface area contributed by atoms with Gasteiger partial charge in [-0.05, 0) is 18.1 Å². The average Bonchev–Trinajstić information content (AvgIpc) is 2.71. The predicted octanol–water partition coefficient (Wildman–Crippen LogP) is 2.10. The highest BCUT2D eigenvalue weighted by Gasteiger charge is 2.01.